The third-order valence-corrected chi connectivity index (χ3v) is 10.00. The van der Waals surface area contributed by atoms with E-state index < -0.39 is 57.6 Å². The number of aliphatic hydroxyl groups excluding tert-OH is 1. The lowest BCUT2D eigenvalue weighted by atomic mass is 10.1. The first-order chi connectivity index (χ1) is 30.1. The fraction of sp³-hybridized carbons (Fsp3) is 0.580. The zero-order valence-corrected chi connectivity index (χ0v) is 38.8. The van der Waals surface area contributed by atoms with Gasteiger partial charge in [0.25, 0.3) is 0 Å². The second-order valence-corrected chi connectivity index (χ2v) is 16.3. The monoisotopic (exact) mass is 886 g/mol. The third-order valence-electron chi connectivity index (χ3n) is 9.05. The summed E-state index contributed by atoms with van der Waals surface area (Å²) in [5.74, 6) is -2.49. The quantitative estimate of drug-likeness (QED) is 0.0201. The van der Waals surface area contributed by atoms with E-state index in [-0.39, 0.29) is 12.8 Å². The maximum atomic E-state index is 12.3. The Morgan fingerprint density at radius 1 is 0.532 bits per heavy atom. The zero-order chi connectivity index (χ0) is 45.6. The molecule has 0 aromatic rings. The van der Waals surface area contributed by atoms with Gasteiger partial charge in [-0.2, -0.15) is 0 Å². The summed E-state index contributed by atoms with van der Waals surface area (Å²) in [4.78, 5) is 46.0. The molecular weight excluding hydrogens is 806 g/mol. The van der Waals surface area contributed by atoms with Crippen LogP contribution in [0.1, 0.15) is 155 Å². The third kappa shape index (κ3) is 42.8. The number of esters is 1. The topological polar surface area (TPSA) is 169 Å². The number of carbonyl (C=O) groups is 3. The van der Waals surface area contributed by atoms with E-state index in [9.17, 15) is 34.1 Å². The number of unbranched alkanes of at least 4 members (excludes halogenated alkanes) is 9. The molecule has 0 aromatic heterocycles. The van der Waals surface area contributed by atoms with E-state index in [0.29, 0.717) is 19.3 Å². The molecule has 0 spiro atoms. The van der Waals surface area contributed by atoms with Crippen LogP contribution in [0, 0.1) is 0 Å². The van der Waals surface area contributed by atoms with Gasteiger partial charge >= 0.3 is 19.8 Å². The van der Waals surface area contributed by atoms with Crippen LogP contribution in [0.3, 0.4) is 0 Å². The Balaban J connectivity index is 4.01. The number of aliphatic hydroxyl groups is 1. The molecule has 0 rings (SSSR count). The Bertz CT molecular complexity index is 1460. The van der Waals surface area contributed by atoms with Crippen LogP contribution in [-0.2, 0) is 32.7 Å². The van der Waals surface area contributed by atoms with Crippen LogP contribution in [0.4, 0.5) is 0 Å². The number of hydrogen-bond donors (Lipinski definition) is 4. The Kier molecular flexibility index (Phi) is 41.0. The van der Waals surface area contributed by atoms with Crippen molar-refractivity contribution in [2.24, 2.45) is 0 Å². The highest BCUT2D eigenvalue weighted by molar-refractivity contribution is 7.47. The summed E-state index contributed by atoms with van der Waals surface area (Å²) in [7, 11) is -4.79. The number of hydrogen-bond acceptors (Lipinski definition) is 8. The molecule has 3 atom stereocenters. The highest BCUT2D eigenvalue weighted by atomic mass is 31.2. The highest BCUT2D eigenvalue weighted by Gasteiger charge is 2.28. The average Bonchev–Trinajstić information content (AvgIpc) is 3.25. The SMILES string of the molecule is CC/C=C\C/C=C\C/C=C\C/C=C\C/C=C\CCCCCCCC(=O)OCC(O)COP(=O)(O)OCC(NC(=O)CCC/C=C\C/C=C\C/C=C\C/C=C\CCCCC)C(=O)O. The second kappa shape index (κ2) is 43.8. The molecule has 0 aliphatic carbocycles. The maximum Gasteiger partial charge on any atom is 0.472 e. The van der Waals surface area contributed by atoms with E-state index in [4.69, 9.17) is 13.8 Å². The van der Waals surface area contributed by atoms with E-state index in [1.807, 2.05) is 12.2 Å². The van der Waals surface area contributed by atoms with Crippen LogP contribution < -0.4 is 5.32 Å². The number of phosphoric ester groups is 1. The van der Waals surface area contributed by atoms with Crippen molar-refractivity contribution in [3.8, 4) is 0 Å². The van der Waals surface area contributed by atoms with E-state index >= 15 is 0 Å². The van der Waals surface area contributed by atoms with Crippen molar-refractivity contribution in [3.63, 3.8) is 0 Å². The van der Waals surface area contributed by atoms with Crippen molar-refractivity contribution in [1.29, 1.82) is 0 Å². The molecule has 0 saturated carbocycles. The molecule has 350 valence electrons. The molecule has 4 N–H and O–H groups in total. The van der Waals surface area contributed by atoms with Gasteiger partial charge in [-0.25, -0.2) is 9.36 Å². The summed E-state index contributed by atoms with van der Waals surface area (Å²) in [6.07, 6.45) is 56.9. The summed E-state index contributed by atoms with van der Waals surface area (Å²) in [6, 6.07) is -1.59. The van der Waals surface area contributed by atoms with Crippen LogP contribution in [0.5, 0.6) is 0 Å². The molecule has 0 fully saturated rings. The maximum absolute atomic E-state index is 12.3. The van der Waals surface area contributed by atoms with Gasteiger partial charge in [-0.15, -0.1) is 0 Å². The Hall–Kier alpha value is -3.86. The lowest BCUT2D eigenvalue weighted by Gasteiger charge is -2.18. The molecule has 12 heteroatoms. The van der Waals surface area contributed by atoms with Gasteiger partial charge in [0.1, 0.15) is 12.7 Å². The van der Waals surface area contributed by atoms with Crippen molar-refractivity contribution < 1.29 is 47.8 Å². The van der Waals surface area contributed by atoms with E-state index in [0.717, 1.165) is 89.9 Å². The van der Waals surface area contributed by atoms with Crippen LogP contribution >= 0.6 is 7.82 Å². The van der Waals surface area contributed by atoms with Crippen molar-refractivity contribution in [1.82, 2.24) is 5.32 Å². The fourth-order valence-corrected chi connectivity index (χ4v) is 6.28. The summed E-state index contributed by atoms with van der Waals surface area (Å²) < 4.78 is 26.8. The summed E-state index contributed by atoms with van der Waals surface area (Å²) >= 11 is 0. The van der Waals surface area contributed by atoms with Crippen LogP contribution in [0.15, 0.2) is 109 Å². The minimum Gasteiger partial charge on any atom is -0.480 e. The van der Waals surface area contributed by atoms with Gasteiger partial charge in [0.2, 0.25) is 5.91 Å². The van der Waals surface area contributed by atoms with Crippen molar-refractivity contribution in [2.45, 2.75) is 167 Å². The van der Waals surface area contributed by atoms with E-state index in [2.05, 4.69) is 116 Å². The molecule has 0 aliphatic rings. The Morgan fingerprint density at radius 2 is 0.952 bits per heavy atom. The number of carboxylic acids is 1. The molecule has 0 aliphatic heterocycles. The number of rotatable bonds is 41. The largest absolute Gasteiger partial charge is 0.480 e. The second-order valence-electron chi connectivity index (χ2n) is 14.9. The number of allylic oxidation sites excluding steroid dienone is 18. The predicted octanol–water partition coefficient (Wildman–Crippen LogP) is 12.2. The van der Waals surface area contributed by atoms with Crippen LogP contribution in [0.2, 0.25) is 0 Å². The standard InChI is InChI=1S/C50H80NO10P/c1-3-5-7-9-11-13-15-17-19-21-22-23-24-26-28-30-32-34-36-38-40-42-49(54)59-43-46(52)44-60-62(57,58)61-45-47(50(55)56)51-48(53)41-39-37-35-33-31-29-27-25-20-18-16-14-12-10-8-6-4-2/h5,7,11-14,17-20,22-23,26-29,33,35,46-47,52H,3-4,6,8-10,15-16,21,24-25,30-32,34,36-45H2,1-2H3,(H,51,53)(H,55,56)(H,57,58)/b7-5-,13-11-,14-12-,19-17-,20-18-,23-22-,28-26-,29-27-,35-33-. The molecule has 0 saturated heterocycles. The molecule has 3 unspecified atom stereocenters. The summed E-state index contributed by atoms with van der Waals surface area (Å²) in [6.45, 7) is 2.37. The summed E-state index contributed by atoms with van der Waals surface area (Å²) in [5, 5.41) is 21.8. The number of aliphatic carboxylic acids is 1. The number of nitrogens with one attached hydrogen (secondary N) is 1. The molecular formula is C50H80NO10P. The normalized spacial score (nSPS) is 14.6. The number of ether oxygens (including phenoxy) is 1. The number of carboxylic acid groups (broad SMARTS) is 1. The lowest BCUT2D eigenvalue weighted by molar-refractivity contribution is -0.147. The molecule has 0 heterocycles. The molecule has 62 heavy (non-hydrogen) atoms. The first-order valence-electron chi connectivity index (χ1n) is 22.9. The van der Waals surface area contributed by atoms with Gasteiger partial charge in [0, 0.05) is 12.8 Å². The van der Waals surface area contributed by atoms with Crippen molar-refractivity contribution in [2.75, 3.05) is 19.8 Å². The highest BCUT2D eigenvalue weighted by Crippen LogP contribution is 2.43. The first-order valence-corrected chi connectivity index (χ1v) is 24.4. The van der Waals surface area contributed by atoms with Gasteiger partial charge in [0.05, 0.1) is 13.2 Å². The Labute approximate surface area is 374 Å². The molecule has 0 radical (unpaired) electrons. The van der Waals surface area contributed by atoms with Gasteiger partial charge in [-0.1, -0.05) is 155 Å². The predicted molar refractivity (Wildman–Crippen MR) is 253 cm³/mol. The van der Waals surface area contributed by atoms with Crippen LogP contribution in [0.25, 0.3) is 0 Å². The lowest BCUT2D eigenvalue weighted by Crippen LogP contribution is -2.43. The van der Waals surface area contributed by atoms with Gasteiger partial charge in [-0.3, -0.25) is 18.6 Å². The molecule has 11 nitrogen and oxygen atoms in total. The minimum atomic E-state index is -4.79. The van der Waals surface area contributed by atoms with Gasteiger partial charge in [0.15, 0.2) is 6.04 Å². The fourth-order valence-electron chi connectivity index (χ4n) is 5.51. The first kappa shape index (κ1) is 58.1. The number of carbonyl (C=O) groups excluding carboxylic acids is 2. The van der Waals surface area contributed by atoms with E-state index in [1.54, 1.807) is 0 Å². The van der Waals surface area contributed by atoms with Crippen molar-refractivity contribution in [3.05, 3.63) is 109 Å². The average molecular weight is 886 g/mol. The van der Waals surface area contributed by atoms with Crippen molar-refractivity contribution >= 4 is 25.7 Å². The molecule has 1 amide bonds. The van der Waals surface area contributed by atoms with Crippen LogP contribution in [-0.4, -0.2) is 64.9 Å². The molecule has 0 bridgehead atoms. The number of phosphoric acid groups is 1. The van der Waals surface area contributed by atoms with Gasteiger partial charge < -0.3 is 25.2 Å². The smallest absolute Gasteiger partial charge is 0.472 e. The number of amides is 1. The zero-order valence-electron chi connectivity index (χ0n) is 37.9. The Morgan fingerprint density at radius 3 is 1.44 bits per heavy atom. The molecule has 0 aromatic carbocycles. The van der Waals surface area contributed by atoms with Gasteiger partial charge in [-0.05, 0) is 96.3 Å². The summed E-state index contributed by atoms with van der Waals surface area (Å²) in [5.41, 5.74) is 0. The van der Waals surface area contributed by atoms with E-state index in [1.165, 1.54) is 19.3 Å². The minimum absolute atomic E-state index is 0.0619.